The number of aliphatic hydroxyl groups excluding tert-OH is 1. The zero-order valence-corrected chi connectivity index (χ0v) is 42.4. The average Bonchev–Trinajstić information content (AvgIpc) is 3.24. The fraction of sp³-hybridized carbons (Fsp3) is 0.759. The van der Waals surface area contributed by atoms with E-state index in [9.17, 15) is 19.4 Å². The summed E-state index contributed by atoms with van der Waals surface area (Å²) >= 11 is 0. The van der Waals surface area contributed by atoms with Crippen molar-refractivity contribution in [3.05, 3.63) is 72.9 Å². The number of carbonyl (C=O) groups is 1. The zero-order chi connectivity index (χ0) is 46.4. The van der Waals surface area contributed by atoms with E-state index in [-0.39, 0.29) is 19.1 Å². The number of unbranched alkanes of at least 4 members (excludes halogenated alkanes) is 23. The topological polar surface area (TPSA) is 105 Å². The second-order valence-electron chi connectivity index (χ2n) is 18.5. The maximum Gasteiger partial charge on any atom is 0.472 e. The number of carbonyl (C=O) groups excluding carboxylic acids is 1. The van der Waals surface area contributed by atoms with Crippen LogP contribution in [-0.2, 0) is 18.4 Å². The monoisotopic (exact) mass is 904 g/mol. The van der Waals surface area contributed by atoms with Gasteiger partial charge in [0, 0.05) is 6.42 Å². The summed E-state index contributed by atoms with van der Waals surface area (Å²) in [5.41, 5.74) is 0. The first-order valence-corrected chi connectivity index (χ1v) is 27.3. The Bertz CT molecular complexity index is 1250. The molecule has 0 spiro atoms. The van der Waals surface area contributed by atoms with E-state index < -0.39 is 20.0 Å². The van der Waals surface area contributed by atoms with Gasteiger partial charge < -0.3 is 19.8 Å². The average molecular weight is 904 g/mol. The third kappa shape index (κ3) is 47.7. The molecular weight excluding hydrogens is 804 g/mol. The Kier molecular flexibility index (Phi) is 43.6. The molecule has 3 N–H and O–H groups in total. The highest BCUT2D eigenvalue weighted by Crippen LogP contribution is 2.43. The van der Waals surface area contributed by atoms with Crippen molar-refractivity contribution in [3.8, 4) is 0 Å². The van der Waals surface area contributed by atoms with Crippen LogP contribution in [0, 0.1) is 0 Å². The molecule has 0 aliphatic heterocycles. The Balaban J connectivity index is 4.30. The van der Waals surface area contributed by atoms with Crippen molar-refractivity contribution in [2.24, 2.45) is 0 Å². The molecule has 1 amide bonds. The predicted octanol–water partition coefficient (Wildman–Crippen LogP) is 15.1. The van der Waals surface area contributed by atoms with Crippen LogP contribution in [0.2, 0.25) is 0 Å². The van der Waals surface area contributed by atoms with Gasteiger partial charge in [-0.3, -0.25) is 13.8 Å². The Morgan fingerprint density at radius 2 is 0.968 bits per heavy atom. The van der Waals surface area contributed by atoms with Crippen LogP contribution in [0.25, 0.3) is 0 Å². The van der Waals surface area contributed by atoms with Crippen LogP contribution in [-0.4, -0.2) is 73.4 Å². The quantitative estimate of drug-likeness (QED) is 0.0243. The number of nitrogens with one attached hydrogen (secondary N) is 1. The highest BCUT2D eigenvalue weighted by Gasteiger charge is 2.27. The molecule has 0 aromatic rings. The normalized spacial score (nSPS) is 14.7. The molecule has 0 aromatic heterocycles. The van der Waals surface area contributed by atoms with Gasteiger partial charge in [0.05, 0.1) is 39.9 Å². The molecule has 3 atom stereocenters. The molecule has 0 aromatic carbocycles. The summed E-state index contributed by atoms with van der Waals surface area (Å²) in [6, 6.07) is -0.867. The number of likely N-dealkylation sites (N-methyl/N-ethyl adjacent to an activating group) is 1. The van der Waals surface area contributed by atoms with Crippen LogP contribution in [0.5, 0.6) is 0 Å². The number of quaternary nitrogens is 1. The SMILES string of the molecule is CC/C=C\C/C=C\C/C=C\C/C=C\CCCCCCCCCCCCCCC(=O)NC(COP(=O)(O)OCC[N+](C)(C)C)C(O)/C=C/CC/C=C/CCCCCCCCCCCC. The lowest BCUT2D eigenvalue weighted by molar-refractivity contribution is -0.870. The summed E-state index contributed by atoms with van der Waals surface area (Å²) < 4.78 is 23.6. The first-order valence-electron chi connectivity index (χ1n) is 25.8. The number of allylic oxidation sites excluding steroid dienone is 11. The van der Waals surface area contributed by atoms with Gasteiger partial charge >= 0.3 is 7.82 Å². The van der Waals surface area contributed by atoms with E-state index in [1.807, 2.05) is 27.2 Å². The van der Waals surface area contributed by atoms with Crippen molar-refractivity contribution in [3.63, 3.8) is 0 Å². The summed E-state index contributed by atoms with van der Waals surface area (Å²) in [6.45, 7) is 4.68. The van der Waals surface area contributed by atoms with Gasteiger partial charge in [0.25, 0.3) is 0 Å². The molecule has 0 bridgehead atoms. The number of hydrogen-bond donors (Lipinski definition) is 3. The molecule has 8 nitrogen and oxygen atoms in total. The summed E-state index contributed by atoms with van der Waals surface area (Å²) in [5.74, 6) is -0.192. The second-order valence-corrected chi connectivity index (χ2v) is 20.0. The molecule has 0 fully saturated rings. The minimum atomic E-state index is -4.35. The number of nitrogens with zero attached hydrogens (tertiary/aromatic N) is 1. The fourth-order valence-corrected chi connectivity index (χ4v) is 7.84. The highest BCUT2D eigenvalue weighted by atomic mass is 31.2. The van der Waals surface area contributed by atoms with E-state index in [1.54, 1.807) is 6.08 Å². The standard InChI is InChI=1S/C54H99N2O6P/c1-6-8-10-12-14-16-18-20-22-24-25-26-27-28-29-30-31-32-34-36-38-40-42-44-46-48-54(58)55-52(51-62-63(59,60)61-50-49-56(3,4)5)53(57)47-45-43-41-39-37-35-33-23-21-19-17-15-13-11-9-7-2/h8,10,14,16,20,22,25-26,37,39,45,47,52-53,57H,6-7,9,11-13,15,17-19,21,23-24,27-36,38,40-44,46,48-51H2,1-5H3,(H-,55,58,59,60)/p+1/b10-8-,16-14-,22-20-,26-25-,39-37+,47-45+. The van der Waals surface area contributed by atoms with Gasteiger partial charge in [0.1, 0.15) is 13.2 Å². The molecule has 0 radical (unpaired) electrons. The molecule has 63 heavy (non-hydrogen) atoms. The molecule has 3 unspecified atom stereocenters. The molecule has 9 heteroatoms. The number of aliphatic hydroxyl groups is 1. The number of phosphoric acid groups is 1. The predicted molar refractivity (Wildman–Crippen MR) is 272 cm³/mol. The number of hydrogen-bond acceptors (Lipinski definition) is 5. The lowest BCUT2D eigenvalue weighted by Crippen LogP contribution is -2.45. The molecule has 0 aliphatic rings. The summed E-state index contributed by atoms with van der Waals surface area (Å²) in [7, 11) is 1.55. The van der Waals surface area contributed by atoms with Crippen molar-refractivity contribution in [1.82, 2.24) is 5.32 Å². The summed E-state index contributed by atoms with van der Waals surface area (Å²) in [5, 5.41) is 13.9. The van der Waals surface area contributed by atoms with E-state index in [1.165, 1.54) is 128 Å². The molecule has 0 saturated heterocycles. The van der Waals surface area contributed by atoms with E-state index in [4.69, 9.17) is 9.05 Å². The van der Waals surface area contributed by atoms with Crippen molar-refractivity contribution in [2.45, 2.75) is 225 Å². The van der Waals surface area contributed by atoms with E-state index >= 15 is 0 Å². The third-order valence-electron chi connectivity index (χ3n) is 11.2. The smallest absolute Gasteiger partial charge is 0.387 e. The van der Waals surface area contributed by atoms with Crippen molar-refractivity contribution < 1.29 is 32.9 Å². The number of rotatable bonds is 46. The molecule has 0 heterocycles. The van der Waals surface area contributed by atoms with Gasteiger partial charge in [-0.15, -0.1) is 0 Å². The summed E-state index contributed by atoms with van der Waals surface area (Å²) in [4.78, 5) is 23.2. The van der Waals surface area contributed by atoms with Crippen LogP contribution in [0.3, 0.4) is 0 Å². The van der Waals surface area contributed by atoms with Gasteiger partial charge in [-0.2, -0.15) is 0 Å². The Morgan fingerprint density at radius 1 is 0.556 bits per heavy atom. The highest BCUT2D eigenvalue weighted by molar-refractivity contribution is 7.47. The summed E-state index contributed by atoms with van der Waals surface area (Å²) in [6.07, 6.45) is 61.3. The van der Waals surface area contributed by atoms with Crippen LogP contribution in [0.1, 0.15) is 213 Å². The maximum absolute atomic E-state index is 12.9. The van der Waals surface area contributed by atoms with E-state index in [0.717, 1.165) is 64.2 Å². The van der Waals surface area contributed by atoms with Gasteiger partial charge in [0.15, 0.2) is 0 Å². The Morgan fingerprint density at radius 3 is 1.46 bits per heavy atom. The van der Waals surface area contributed by atoms with Crippen molar-refractivity contribution >= 4 is 13.7 Å². The zero-order valence-electron chi connectivity index (χ0n) is 41.5. The van der Waals surface area contributed by atoms with Crippen molar-refractivity contribution in [2.75, 3.05) is 40.9 Å². The minimum Gasteiger partial charge on any atom is -0.387 e. The van der Waals surface area contributed by atoms with Crippen LogP contribution in [0.4, 0.5) is 0 Å². The first-order chi connectivity index (χ1) is 30.5. The third-order valence-corrected chi connectivity index (χ3v) is 12.1. The van der Waals surface area contributed by atoms with Crippen LogP contribution < -0.4 is 5.32 Å². The lowest BCUT2D eigenvalue weighted by Gasteiger charge is -2.25. The largest absolute Gasteiger partial charge is 0.472 e. The Hall–Kier alpha value is -2.06. The van der Waals surface area contributed by atoms with Crippen LogP contribution >= 0.6 is 7.82 Å². The van der Waals surface area contributed by atoms with Gasteiger partial charge in [-0.1, -0.05) is 209 Å². The molecule has 0 saturated carbocycles. The van der Waals surface area contributed by atoms with Gasteiger partial charge in [-0.05, 0) is 70.6 Å². The van der Waals surface area contributed by atoms with Gasteiger partial charge in [0.2, 0.25) is 5.91 Å². The second kappa shape index (κ2) is 45.1. The van der Waals surface area contributed by atoms with E-state index in [2.05, 4.69) is 79.9 Å². The maximum atomic E-state index is 12.9. The fourth-order valence-electron chi connectivity index (χ4n) is 7.11. The Labute approximate surface area is 389 Å². The molecule has 0 aliphatic carbocycles. The number of phosphoric ester groups is 1. The molecule has 0 rings (SSSR count). The number of amides is 1. The minimum absolute atomic E-state index is 0.0533. The molecule has 366 valence electrons. The first kappa shape index (κ1) is 60.9. The van der Waals surface area contributed by atoms with Gasteiger partial charge in [-0.25, -0.2) is 4.57 Å². The lowest BCUT2D eigenvalue weighted by atomic mass is 10.0. The van der Waals surface area contributed by atoms with Crippen LogP contribution in [0.15, 0.2) is 72.9 Å². The van der Waals surface area contributed by atoms with E-state index in [0.29, 0.717) is 17.4 Å². The van der Waals surface area contributed by atoms with Crippen molar-refractivity contribution in [1.29, 1.82) is 0 Å². The molecular formula is C54H100N2O6P+.